The maximum atomic E-state index is 8.95. The molecule has 7 heteroatoms. The largest absolute Gasteiger partial charge is 0.471 e. The van der Waals surface area contributed by atoms with E-state index in [-0.39, 0.29) is 0 Å². The summed E-state index contributed by atoms with van der Waals surface area (Å²) < 4.78 is 3.86. The summed E-state index contributed by atoms with van der Waals surface area (Å²) in [6, 6.07) is 13.6. The van der Waals surface area contributed by atoms with Crippen molar-refractivity contribution in [2.45, 2.75) is 27.4 Å². The third-order valence-corrected chi connectivity index (χ3v) is 4.01. The first kappa shape index (κ1) is 23.2. The van der Waals surface area contributed by atoms with Gasteiger partial charge in [-0.1, -0.05) is 52.2 Å². The number of rotatable bonds is 7. The van der Waals surface area contributed by atoms with E-state index in [1.165, 1.54) is 14.2 Å². The van der Waals surface area contributed by atoms with E-state index in [1.807, 2.05) is 63.2 Å². The van der Waals surface area contributed by atoms with E-state index in [0.717, 1.165) is 33.7 Å². The Kier molecular flexibility index (Phi) is 10.4. The third-order valence-electron chi connectivity index (χ3n) is 3.78. The smallest absolute Gasteiger partial charge is 0.292 e. The molecule has 0 N–H and O–H groups in total. The first-order valence-electron chi connectivity index (χ1n) is 8.50. The Morgan fingerprint density at radius 3 is 2.36 bits per heavy atom. The van der Waals surface area contributed by atoms with Crippen LogP contribution < -0.4 is 0 Å². The summed E-state index contributed by atoms with van der Waals surface area (Å²) in [7, 11) is 2.85. The maximum Gasteiger partial charge on any atom is 0.292 e. The number of benzene rings is 2. The first-order chi connectivity index (χ1) is 13.4. The topological polar surface area (TPSA) is 69.5 Å². The van der Waals surface area contributed by atoms with Crippen molar-refractivity contribution in [1.82, 2.24) is 0 Å². The van der Waals surface area contributed by atoms with Gasteiger partial charge in [0.25, 0.3) is 6.47 Å². The number of nitrogens with zero attached hydrogens (tertiary/aromatic N) is 2. The van der Waals surface area contributed by atoms with Crippen LogP contribution in [0.1, 0.15) is 36.1 Å². The van der Waals surface area contributed by atoms with Gasteiger partial charge in [-0.2, -0.15) is 0 Å². The molecule has 6 nitrogen and oxygen atoms in total. The summed E-state index contributed by atoms with van der Waals surface area (Å²) in [5, 5.41) is 8.89. The molecule has 0 atom stereocenters. The maximum absolute atomic E-state index is 8.95. The molecule has 0 spiro atoms. The molecule has 0 saturated carbocycles. The molecule has 0 unspecified atom stereocenters. The Balaban J connectivity index is 0.000000892. The van der Waals surface area contributed by atoms with Crippen LogP contribution in [0.2, 0.25) is 5.02 Å². The summed E-state index contributed by atoms with van der Waals surface area (Å²) in [6.45, 7) is 6.57. The lowest BCUT2D eigenvalue weighted by Gasteiger charge is -2.11. The van der Waals surface area contributed by atoms with E-state index in [9.17, 15) is 0 Å². The van der Waals surface area contributed by atoms with Crippen LogP contribution in [0.25, 0.3) is 0 Å². The monoisotopic (exact) mass is 404 g/mol. The fraction of sp³-hybridized carbons (Fsp3) is 0.286. The average molecular weight is 405 g/mol. The lowest BCUT2D eigenvalue weighted by atomic mass is 10.00. The molecule has 0 aliphatic rings. The van der Waals surface area contributed by atoms with Crippen molar-refractivity contribution in [3.8, 4) is 0 Å². The molecule has 0 aliphatic heterocycles. The molecule has 0 amide bonds. The lowest BCUT2D eigenvalue weighted by Crippen LogP contribution is -2.05. The third kappa shape index (κ3) is 7.40. The second-order valence-electron chi connectivity index (χ2n) is 5.75. The van der Waals surface area contributed by atoms with Gasteiger partial charge < -0.3 is 14.4 Å². The Hall–Kier alpha value is -2.86. The van der Waals surface area contributed by atoms with Crippen molar-refractivity contribution in [3.05, 3.63) is 69.7 Å². The number of oxime groups is 2. The molecule has 2 aromatic rings. The Morgan fingerprint density at radius 2 is 1.75 bits per heavy atom. The van der Waals surface area contributed by atoms with Crippen molar-refractivity contribution in [3.63, 3.8) is 0 Å². The van der Waals surface area contributed by atoms with Crippen molar-refractivity contribution in [2.75, 3.05) is 14.2 Å². The standard InChI is InChI=1S/C19H21ClN2O2.C2H4O2/c1-13-7-5-10-18(15(3)21-23-4)19(13)12-24-22-14(2)16-8-6-9-17(20)11-16;1-4-2-3/h5-11H,12H2,1-4H3;2H,1H3/b21-15-,22-14+;. The molecule has 0 aromatic heterocycles. The summed E-state index contributed by atoms with van der Waals surface area (Å²) in [5.41, 5.74) is 5.66. The van der Waals surface area contributed by atoms with E-state index < -0.39 is 0 Å². The quantitative estimate of drug-likeness (QED) is 0.379. The van der Waals surface area contributed by atoms with Crippen LogP contribution in [0.5, 0.6) is 0 Å². The van der Waals surface area contributed by atoms with Crippen LogP contribution in [0.15, 0.2) is 52.8 Å². The molecule has 150 valence electrons. The molecule has 0 bridgehead atoms. The molecule has 0 fully saturated rings. The fourth-order valence-corrected chi connectivity index (χ4v) is 2.57. The zero-order valence-corrected chi connectivity index (χ0v) is 17.5. The highest BCUT2D eigenvalue weighted by atomic mass is 35.5. The molecule has 0 heterocycles. The molecular weight excluding hydrogens is 380 g/mol. The second-order valence-corrected chi connectivity index (χ2v) is 6.19. The van der Waals surface area contributed by atoms with E-state index in [2.05, 4.69) is 15.0 Å². The Bertz CT molecular complexity index is 835. The van der Waals surface area contributed by atoms with Crippen LogP contribution in [0.3, 0.4) is 0 Å². The summed E-state index contributed by atoms with van der Waals surface area (Å²) >= 11 is 6.00. The normalized spacial score (nSPS) is 11.2. The van der Waals surface area contributed by atoms with Gasteiger partial charge >= 0.3 is 0 Å². The second kappa shape index (κ2) is 12.5. The molecule has 0 aliphatic carbocycles. The van der Waals surface area contributed by atoms with Crippen LogP contribution in [0, 0.1) is 6.92 Å². The van der Waals surface area contributed by atoms with E-state index >= 15 is 0 Å². The molecule has 2 aromatic carbocycles. The fourth-order valence-electron chi connectivity index (χ4n) is 2.38. The SMILES string of the molecule is CO/N=C(/C)c1cccc(C)c1CO/N=C(\C)c1cccc(Cl)c1.COC=O. The molecular formula is C21H25ClN2O4. The number of carbonyl (C=O) groups excluding carboxylic acids is 1. The van der Waals surface area contributed by atoms with Crippen molar-refractivity contribution >= 4 is 29.5 Å². The van der Waals surface area contributed by atoms with Crippen LogP contribution in [0.4, 0.5) is 0 Å². The minimum atomic E-state index is 0.358. The highest BCUT2D eigenvalue weighted by molar-refractivity contribution is 6.31. The summed E-state index contributed by atoms with van der Waals surface area (Å²) in [5.74, 6) is 0. The van der Waals surface area contributed by atoms with Gasteiger partial charge in [-0.05, 0) is 38.5 Å². The average Bonchev–Trinajstić information content (AvgIpc) is 2.69. The van der Waals surface area contributed by atoms with Crippen molar-refractivity contribution in [1.29, 1.82) is 0 Å². The number of hydrogen-bond donors (Lipinski definition) is 0. The minimum absolute atomic E-state index is 0.358. The predicted octanol–water partition coefficient (Wildman–Crippen LogP) is 4.75. The lowest BCUT2D eigenvalue weighted by molar-refractivity contribution is -0.126. The summed E-state index contributed by atoms with van der Waals surface area (Å²) in [4.78, 5) is 19.4. The van der Waals surface area contributed by atoms with E-state index in [0.29, 0.717) is 18.1 Å². The van der Waals surface area contributed by atoms with Gasteiger partial charge in [-0.3, -0.25) is 4.79 Å². The molecule has 28 heavy (non-hydrogen) atoms. The number of methoxy groups -OCH3 is 1. The predicted molar refractivity (Wildman–Crippen MR) is 112 cm³/mol. The Labute approximate surface area is 170 Å². The van der Waals surface area contributed by atoms with E-state index in [1.54, 1.807) is 0 Å². The van der Waals surface area contributed by atoms with Gasteiger partial charge in [-0.25, -0.2) is 0 Å². The van der Waals surface area contributed by atoms with Gasteiger partial charge in [-0.15, -0.1) is 0 Å². The summed E-state index contributed by atoms with van der Waals surface area (Å²) in [6.07, 6.45) is 0. The van der Waals surface area contributed by atoms with Gasteiger partial charge in [0, 0.05) is 21.7 Å². The highest BCUT2D eigenvalue weighted by Gasteiger charge is 2.10. The first-order valence-corrected chi connectivity index (χ1v) is 8.87. The van der Waals surface area contributed by atoms with Crippen LogP contribution in [-0.4, -0.2) is 32.1 Å². The Morgan fingerprint density at radius 1 is 1.07 bits per heavy atom. The zero-order chi connectivity index (χ0) is 20.9. The van der Waals surface area contributed by atoms with Gasteiger partial charge in [0.1, 0.15) is 13.7 Å². The molecule has 2 rings (SSSR count). The van der Waals surface area contributed by atoms with Crippen LogP contribution >= 0.6 is 11.6 Å². The van der Waals surface area contributed by atoms with Gasteiger partial charge in [0.05, 0.1) is 18.5 Å². The van der Waals surface area contributed by atoms with Crippen LogP contribution in [-0.2, 0) is 25.8 Å². The van der Waals surface area contributed by atoms with Gasteiger partial charge in [0.2, 0.25) is 0 Å². The van der Waals surface area contributed by atoms with Gasteiger partial charge in [0.15, 0.2) is 0 Å². The zero-order valence-electron chi connectivity index (χ0n) is 16.7. The number of ether oxygens (including phenoxy) is 1. The number of carbonyl (C=O) groups is 1. The molecule has 0 radical (unpaired) electrons. The minimum Gasteiger partial charge on any atom is -0.471 e. The van der Waals surface area contributed by atoms with Crippen molar-refractivity contribution < 1.29 is 19.2 Å². The number of aryl methyl sites for hydroxylation is 1. The number of hydrogen-bond acceptors (Lipinski definition) is 6. The molecule has 0 saturated heterocycles. The highest BCUT2D eigenvalue weighted by Crippen LogP contribution is 2.17. The van der Waals surface area contributed by atoms with E-state index in [4.69, 9.17) is 26.1 Å². The number of halogens is 1. The van der Waals surface area contributed by atoms with Crippen molar-refractivity contribution in [2.24, 2.45) is 10.3 Å².